The average molecular weight is 370 g/mol. The molecule has 0 aromatic heterocycles. The Hall–Kier alpha value is -0.0900. The van der Waals surface area contributed by atoms with E-state index in [4.69, 9.17) is 4.74 Å². The molecule has 0 N–H and O–H groups in total. The normalized spacial score (nSPS) is 28.8. The van der Waals surface area contributed by atoms with Gasteiger partial charge < -0.3 is 4.74 Å². The lowest BCUT2D eigenvalue weighted by Gasteiger charge is -2.21. The number of halogens is 1. The van der Waals surface area contributed by atoms with Crippen LogP contribution in [0.4, 0.5) is 0 Å². The summed E-state index contributed by atoms with van der Waals surface area (Å²) >= 11 is 2.50. The molecule has 1 atom stereocenters. The van der Waals surface area contributed by atoms with E-state index in [9.17, 15) is 0 Å². The zero-order valence-corrected chi connectivity index (χ0v) is 14.3. The second-order valence-corrected chi connectivity index (χ2v) is 7.85. The molecular weight excluding hydrogens is 347 g/mol. The Morgan fingerprint density at radius 2 is 1.68 bits per heavy atom. The standard InChI is InChI=1S/C17H23IO/c1-15(2,3)13-6-8-14(9-7-13)17(12-18)16(19-17)10-4-5-11-16/h6-9H,4-5,10-12H2,1-3H3/t17-/m0/s1. The molecule has 0 amide bonds. The maximum absolute atomic E-state index is 6.31. The van der Waals surface area contributed by atoms with Gasteiger partial charge in [-0.15, -0.1) is 0 Å². The number of rotatable bonds is 2. The molecule has 0 unspecified atom stereocenters. The number of alkyl halides is 1. The number of epoxide rings is 1. The smallest absolute Gasteiger partial charge is 0.132 e. The van der Waals surface area contributed by atoms with Crippen LogP contribution < -0.4 is 0 Å². The summed E-state index contributed by atoms with van der Waals surface area (Å²) in [5, 5.41) is 0. The Kier molecular flexibility index (Phi) is 3.25. The van der Waals surface area contributed by atoms with Crippen LogP contribution in [0.1, 0.15) is 57.6 Å². The van der Waals surface area contributed by atoms with E-state index in [1.165, 1.54) is 36.8 Å². The molecule has 1 heterocycles. The number of ether oxygens (including phenoxy) is 1. The lowest BCUT2D eigenvalue weighted by molar-refractivity contribution is 0.274. The van der Waals surface area contributed by atoms with Crippen molar-refractivity contribution in [2.45, 2.75) is 63.1 Å². The van der Waals surface area contributed by atoms with Crippen molar-refractivity contribution in [2.24, 2.45) is 0 Å². The van der Waals surface area contributed by atoms with Crippen LogP contribution in [0.15, 0.2) is 24.3 Å². The summed E-state index contributed by atoms with van der Waals surface area (Å²) in [5.74, 6) is 0. The summed E-state index contributed by atoms with van der Waals surface area (Å²) in [6.45, 7) is 6.80. The third-order valence-corrected chi connectivity index (χ3v) is 5.95. The van der Waals surface area contributed by atoms with Crippen molar-refractivity contribution in [2.75, 3.05) is 4.43 Å². The van der Waals surface area contributed by atoms with Gasteiger partial charge in [0, 0.05) is 4.43 Å². The molecule has 2 fully saturated rings. The highest BCUT2D eigenvalue weighted by atomic mass is 127. The van der Waals surface area contributed by atoms with Gasteiger partial charge in [0.25, 0.3) is 0 Å². The van der Waals surface area contributed by atoms with E-state index in [0.717, 1.165) is 4.43 Å². The molecule has 3 rings (SSSR count). The van der Waals surface area contributed by atoms with Crippen LogP contribution >= 0.6 is 22.6 Å². The monoisotopic (exact) mass is 370 g/mol. The van der Waals surface area contributed by atoms with E-state index in [1.54, 1.807) is 0 Å². The molecule has 1 aliphatic carbocycles. The summed E-state index contributed by atoms with van der Waals surface area (Å²) in [4.78, 5) is 0. The lowest BCUT2D eigenvalue weighted by atomic mass is 9.83. The van der Waals surface area contributed by atoms with Gasteiger partial charge in [-0.25, -0.2) is 0 Å². The largest absolute Gasteiger partial charge is 0.357 e. The van der Waals surface area contributed by atoms with E-state index in [-0.39, 0.29) is 16.6 Å². The first-order valence-electron chi connectivity index (χ1n) is 7.31. The molecule has 1 spiro atoms. The van der Waals surface area contributed by atoms with Gasteiger partial charge in [0.05, 0.1) is 0 Å². The molecule has 1 aliphatic heterocycles. The summed E-state index contributed by atoms with van der Waals surface area (Å²) in [6, 6.07) is 9.17. The van der Waals surface area contributed by atoms with E-state index < -0.39 is 0 Å². The Bertz CT molecular complexity index is 465. The predicted octanol–water partition coefficient (Wildman–Crippen LogP) is 4.96. The SMILES string of the molecule is CC(C)(C)c1ccc([C@]2(CI)OC23CCCC3)cc1. The summed E-state index contributed by atoms with van der Waals surface area (Å²) in [7, 11) is 0. The molecule has 2 heteroatoms. The van der Waals surface area contributed by atoms with E-state index in [1.807, 2.05) is 0 Å². The van der Waals surface area contributed by atoms with E-state index in [0.29, 0.717) is 0 Å². The molecule has 104 valence electrons. The summed E-state index contributed by atoms with van der Waals surface area (Å²) < 4.78 is 7.38. The van der Waals surface area contributed by atoms with Crippen molar-refractivity contribution >= 4 is 22.6 Å². The quantitative estimate of drug-likeness (QED) is 0.407. The number of hydrogen-bond donors (Lipinski definition) is 0. The topological polar surface area (TPSA) is 12.5 Å². The van der Waals surface area contributed by atoms with Crippen LogP contribution in [0.5, 0.6) is 0 Å². The highest BCUT2D eigenvalue weighted by molar-refractivity contribution is 14.1. The van der Waals surface area contributed by atoms with Crippen molar-refractivity contribution in [1.82, 2.24) is 0 Å². The molecule has 0 bridgehead atoms. The second kappa shape index (κ2) is 4.45. The first kappa shape index (κ1) is 13.9. The Morgan fingerprint density at radius 1 is 1.11 bits per heavy atom. The highest BCUT2D eigenvalue weighted by Crippen LogP contribution is 2.64. The van der Waals surface area contributed by atoms with Crippen LogP contribution in [0.2, 0.25) is 0 Å². The molecule has 1 nitrogen and oxygen atoms in total. The Labute approximate surface area is 130 Å². The molecule has 1 saturated heterocycles. The van der Waals surface area contributed by atoms with Gasteiger partial charge in [0.15, 0.2) is 0 Å². The molecule has 1 aromatic carbocycles. The van der Waals surface area contributed by atoms with Gasteiger partial charge in [-0.3, -0.25) is 0 Å². The average Bonchev–Trinajstić information content (AvgIpc) is 2.75. The second-order valence-electron chi connectivity index (χ2n) is 7.09. The van der Waals surface area contributed by atoms with Gasteiger partial charge in [0.2, 0.25) is 0 Å². The van der Waals surface area contributed by atoms with Crippen LogP contribution in [0, 0.1) is 0 Å². The maximum atomic E-state index is 6.31. The fourth-order valence-corrected chi connectivity index (χ4v) is 4.84. The molecule has 2 aliphatic rings. The molecular formula is C17H23IO. The van der Waals surface area contributed by atoms with Crippen molar-refractivity contribution in [3.05, 3.63) is 35.4 Å². The molecule has 1 aromatic rings. The van der Waals surface area contributed by atoms with Crippen LogP contribution in [0.3, 0.4) is 0 Å². The lowest BCUT2D eigenvalue weighted by Crippen LogP contribution is -2.23. The van der Waals surface area contributed by atoms with Crippen molar-refractivity contribution < 1.29 is 4.74 Å². The Morgan fingerprint density at radius 3 is 2.16 bits per heavy atom. The van der Waals surface area contributed by atoms with Crippen LogP contribution in [-0.4, -0.2) is 10.0 Å². The number of hydrogen-bond acceptors (Lipinski definition) is 1. The van der Waals surface area contributed by atoms with Gasteiger partial charge in [-0.2, -0.15) is 0 Å². The predicted molar refractivity (Wildman–Crippen MR) is 88.0 cm³/mol. The molecule has 0 radical (unpaired) electrons. The third-order valence-electron chi connectivity index (χ3n) is 4.88. The minimum atomic E-state index is 0.0144. The summed E-state index contributed by atoms with van der Waals surface area (Å²) in [6.07, 6.45) is 5.16. The number of benzene rings is 1. The van der Waals surface area contributed by atoms with Crippen molar-refractivity contribution in [1.29, 1.82) is 0 Å². The first-order chi connectivity index (χ1) is 8.94. The van der Waals surface area contributed by atoms with E-state index in [2.05, 4.69) is 67.6 Å². The fraction of sp³-hybridized carbons (Fsp3) is 0.647. The van der Waals surface area contributed by atoms with E-state index >= 15 is 0 Å². The zero-order valence-electron chi connectivity index (χ0n) is 12.1. The van der Waals surface area contributed by atoms with Crippen molar-refractivity contribution in [3.63, 3.8) is 0 Å². The van der Waals surface area contributed by atoms with Gasteiger partial charge in [-0.05, 0) is 29.4 Å². The first-order valence-corrected chi connectivity index (χ1v) is 8.83. The fourth-order valence-electron chi connectivity index (χ4n) is 3.55. The molecule has 19 heavy (non-hydrogen) atoms. The van der Waals surface area contributed by atoms with Crippen LogP contribution in [0.25, 0.3) is 0 Å². The highest BCUT2D eigenvalue weighted by Gasteiger charge is 2.70. The third kappa shape index (κ3) is 2.06. The minimum absolute atomic E-state index is 0.0144. The van der Waals surface area contributed by atoms with Gasteiger partial charge >= 0.3 is 0 Å². The Balaban J connectivity index is 1.90. The maximum Gasteiger partial charge on any atom is 0.132 e. The van der Waals surface area contributed by atoms with Crippen LogP contribution in [-0.2, 0) is 15.8 Å². The molecule has 1 saturated carbocycles. The van der Waals surface area contributed by atoms with Gasteiger partial charge in [-0.1, -0.05) is 80.5 Å². The minimum Gasteiger partial charge on any atom is -0.357 e. The zero-order chi connectivity index (χ0) is 13.7. The summed E-state index contributed by atoms with van der Waals surface area (Å²) in [5.41, 5.74) is 3.21. The van der Waals surface area contributed by atoms with Gasteiger partial charge in [0.1, 0.15) is 11.2 Å². The van der Waals surface area contributed by atoms with Crippen molar-refractivity contribution in [3.8, 4) is 0 Å².